The Morgan fingerprint density at radius 2 is 0.734 bits per heavy atom. The molecule has 0 unspecified atom stereocenters. The predicted molar refractivity (Wildman–Crippen MR) is 307 cm³/mol. The third-order valence-electron chi connectivity index (χ3n) is 12.0. The highest BCUT2D eigenvalue weighted by Crippen LogP contribution is 2.46. The van der Waals surface area contributed by atoms with Gasteiger partial charge in [0, 0.05) is 32.3 Å². The first-order chi connectivity index (χ1) is 35.9. The fourth-order valence-corrected chi connectivity index (χ4v) is 13.5. The van der Waals surface area contributed by atoms with Crippen molar-refractivity contribution < 1.29 is 86.6 Å². The van der Waals surface area contributed by atoms with E-state index in [0.29, 0.717) is 59.6 Å². The topological polar surface area (TPSA) is 323 Å². The van der Waals surface area contributed by atoms with Crippen molar-refractivity contribution in [3.63, 3.8) is 0 Å². The lowest BCUT2D eigenvalue weighted by Crippen LogP contribution is -2.09. The standard InChI is InChI=1S/C22H20O10S3.C21H20O10S3.C8H8.2CH4/c1-3-8-32-19-9-13(11-33(23,24)25)15-4-5-16-14(12-34(26,27)28)10-20(35(29,30)31-2)18-7-6-17(19)21(15)22(16)18;1-3-31-18-8-12(10-32(22,23)24)14-4-5-15-13(11-33(25,26)27)9-19(34(28,29)30-2)17-7-6-16(18)20(14)21(15)17;1-2-8-6-4-3-5-7-8;;/h3-7,9-10H,1,8,11-12H2,2H3,(H,23,24,25)(H,26,27,28);4-9H,3,10-11H2,1-2H3,(H,22,23,24)(H,25,26,27);2-7H,1H2;2*1H4. The molecule has 0 fully saturated rings. The molecular weight excluding hydrogens is 1150 g/mol. The average molecular weight is 1210 g/mol. The fourth-order valence-electron chi connectivity index (χ4n) is 9.13. The van der Waals surface area contributed by atoms with Gasteiger partial charge in [0.1, 0.15) is 50.9 Å². The summed E-state index contributed by atoms with van der Waals surface area (Å²) in [5.41, 5.74) is 1.58. The Hall–Kier alpha value is -6.40. The molecule has 4 N–H and O–H groups in total. The van der Waals surface area contributed by atoms with Crippen molar-refractivity contribution in [1.29, 1.82) is 0 Å². The quantitative estimate of drug-likeness (QED) is 0.0268. The molecule has 0 aliphatic rings. The molecule has 0 saturated heterocycles. The minimum atomic E-state index is -4.55. The predicted octanol–water partition coefficient (Wildman–Crippen LogP) is 9.95. The van der Waals surface area contributed by atoms with Crippen LogP contribution in [0.15, 0.2) is 132 Å². The molecule has 0 aliphatic heterocycles. The zero-order chi connectivity index (χ0) is 56.6. The van der Waals surface area contributed by atoms with Gasteiger partial charge in [-0.1, -0.05) is 107 Å². The largest absolute Gasteiger partial charge is 0.493 e. The maximum Gasteiger partial charge on any atom is 0.297 e. The van der Waals surface area contributed by atoms with Crippen LogP contribution in [-0.2, 0) is 92.1 Å². The molecule has 0 bridgehead atoms. The second kappa shape index (κ2) is 24.1. The van der Waals surface area contributed by atoms with E-state index in [1.54, 1.807) is 31.2 Å². The van der Waals surface area contributed by atoms with E-state index in [2.05, 4.69) is 21.5 Å². The third kappa shape index (κ3) is 14.1. The molecule has 0 amide bonds. The Morgan fingerprint density at radius 3 is 1.03 bits per heavy atom. The Kier molecular flexibility index (Phi) is 19.4. The van der Waals surface area contributed by atoms with Crippen molar-refractivity contribution >= 4 is 131 Å². The Morgan fingerprint density at radius 1 is 0.430 bits per heavy atom. The van der Waals surface area contributed by atoms with Gasteiger partial charge in [0.15, 0.2) is 0 Å². The summed E-state index contributed by atoms with van der Waals surface area (Å²) in [6.45, 7) is 9.27. The van der Waals surface area contributed by atoms with Crippen LogP contribution in [0.25, 0.3) is 70.7 Å². The SMILES string of the molecule is C.C.C=CCOc1cc(CS(=O)(=O)O)c2ccc3c(CS(=O)(=O)O)cc(S(=O)(=O)OC)c4ccc1c2c34.C=Cc1ccccc1.CCOc1cc(CS(=O)(=O)O)c2ccc3c(CS(=O)(=O)O)cc(S(=O)(=O)OC)c4ccc1c2c34. The number of ether oxygens (including phenoxy) is 2. The molecule has 0 atom stereocenters. The molecule has 9 aromatic rings. The zero-order valence-corrected chi connectivity index (χ0v) is 45.8. The second-order valence-electron chi connectivity index (χ2n) is 17.1. The Bertz CT molecular complexity index is 4490. The van der Waals surface area contributed by atoms with Gasteiger partial charge in [-0.2, -0.15) is 50.5 Å². The molecule has 9 rings (SSSR count). The Labute approximate surface area is 458 Å². The van der Waals surface area contributed by atoms with Crippen molar-refractivity contribution in [2.45, 2.75) is 54.6 Å². The van der Waals surface area contributed by atoms with Crippen molar-refractivity contribution in [2.75, 3.05) is 27.4 Å². The van der Waals surface area contributed by atoms with Crippen LogP contribution >= 0.6 is 0 Å². The lowest BCUT2D eigenvalue weighted by molar-refractivity contribution is 0.344. The fraction of sp³-hybridized carbons (Fsp3) is 0.208. The van der Waals surface area contributed by atoms with Crippen molar-refractivity contribution in [3.05, 3.63) is 150 Å². The number of hydrogen-bond acceptors (Lipinski definition) is 16. The Balaban J connectivity index is 0.000000249. The van der Waals surface area contributed by atoms with E-state index in [-0.39, 0.29) is 76.6 Å². The van der Waals surface area contributed by atoms with E-state index in [9.17, 15) is 68.7 Å². The number of hydrogen-bond donors (Lipinski definition) is 4. The summed E-state index contributed by atoms with van der Waals surface area (Å²) in [7, 11) is -24.7. The molecular formula is C53H56O20S6. The van der Waals surface area contributed by atoms with E-state index in [1.807, 2.05) is 36.4 Å². The van der Waals surface area contributed by atoms with E-state index in [0.717, 1.165) is 26.4 Å². The van der Waals surface area contributed by atoms with Crippen LogP contribution in [0.1, 0.15) is 49.6 Å². The van der Waals surface area contributed by atoms with Gasteiger partial charge in [0.25, 0.3) is 60.7 Å². The monoisotopic (exact) mass is 1200 g/mol. The molecule has 0 radical (unpaired) electrons. The molecule has 0 aromatic heterocycles. The van der Waals surface area contributed by atoms with E-state index < -0.39 is 83.7 Å². The molecule has 0 aliphatic carbocycles. The van der Waals surface area contributed by atoms with E-state index in [1.165, 1.54) is 48.0 Å². The van der Waals surface area contributed by atoms with Crippen molar-refractivity contribution in [1.82, 2.24) is 0 Å². The van der Waals surface area contributed by atoms with Gasteiger partial charge in [-0.25, -0.2) is 0 Å². The van der Waals surface area contributed by atoms with E-state index >= 15 is 0 Å². The molecule has 0 saturated carbocycles. The van der Waals surface area contributed by atoms with Crippen LogP contribution in [0.4, 0.5) is 0 Å². The van der Waals surface area contributed by atoms with Gasteiger partial charge in [-0.15, -0.1) is 0 Å². The maximum absolute atomic E-state index is 12.7. The molecule has 424 valence electrons. The molecule has 0 spiro atoms. The molecule has 79 heavy (non-hydrogen) atoms. The van der Waals surface area contributed by atoms with Gasteiger partial charge in [0.05, 0.1) is 20.8 Å². The van der Waals surface area contributed by atoms with Gasteiger partial charge < -0.3 is 9.47 Å². The van der Waals surface area contributed by atoms with Crippen LogP contribution in [0.2, 0.25) is 0 Å². The van der Waals surface area contributed by atoms with Crippen molar-refractivity contribution in [3.8, 4) is 11.5 Å². The lowest BCUT2D eigenvalue weighted by Gasteiger charge is -2.20. The van der Waals surface area contributed by atoms with Gasteiger partial charge in [0.2, 0.25) is 0 Å². The summed E-state index contributed by atoms with van der Waals surface area (Å²) in [6.07, 6.45) is 3.31. The van der Waals surface area contributed by atoms with Crippen LogP contribution in [0, 0.1) is 0 Å². The van der Waals surface area contributed by atoms with Gasteiger partial charge in [-0.3, -0.25) is 26.6 Å². The summed E-state index contributed by atoms with van der Waals surface area (Å²) >= 11 is 0. The van der Waals surface area contributed by atoms with Crippen LogP contribution in [0.5, 0.6) is 11.5 Å². The first-order valence-electron chi connectivity index (χ1n) is 22.4. The van der Waals surface area contributed by atoms with Gasteiger partial charge in [-0.05, 0) is 103 Å². The summed E-state index contributed by atoms with van der Waals surface area (Å²) in [6, 6.07) is 27.6. The van der Waals surface area contributed by atoms with E-state index in [4.69, 9.17) is 9.47 Å². The molecule has 0 heterocycles. The van der Waals surface area contributed by atoms with Crippen LogP contribution in [-0.4, -0.2) is 96.2 Å². The van der Waals surface area contributed by atoms with Gasteiger partial charge >= 0.3 is 0 Å². The van der Waals surface area contributed by atoms with Crippen LogP contribution in [0.3, 0.4) is 0 Å². The third-order valence-corrected chi connectivity index (χ3v) is 17.3. The number of rotatable bonds is 18. The summed E-state index contributed by atoms with van der Waals surface area (Å²) < 4.78 is 203. The molecule has 9 aromatic carbocycles. The zero-order valence-electron chi connectivity index (χ0n) is 40.9. The summed E-state index contributed by atoms with van der Waals surface area (Å²) in [5, 5.41) is 4.31. The molecule has 26 heteroatoms. The maximum atomic E-state index is 12.7. The minimum Gasteiger partial charge on any atom is -0.493 e. The van der Waals surface area contributed by atoms with Crippen LogP contribution < -0.4 is 9.47 Å². The average Bonchev–Trinajstić information content (AvgIpc) is 3.41. The first-order valence-corrected chi connectivity index (χ1v) is 31.7. The minimum absolute atomic E-state index is 0. The summed E-state index contributed by atoms with van der Waals surface area (Å²) in [5.74, 6) is -2.63. The number of benzene rings is 9. The highest BCUT2D eigenvalue weighted by Gasteiger charge is 2.28. The summed E-state index contributed by atoms with van der Waals surface area (Å²) in [4.78, 5) is -0.636. The first kappa shape index (κ1) is 63.4. The highest BCUT2D eigenvalue weighted by molar-refractivity contribution is 7.87. The molecule has 20 nitrogen and oxygen atoms in total. The normalized spacial score (nSPS) is 12.4. The lowest BCUT2D eigenvalue weighted by atomic mass is 9.90. The van der Waals surface area contributed by atoms with Crippen molar-refractivity contribution in [2.24, 2.45) is 0 Å². The highest BCUT2D eigenvalue weighted by atomic mass is 32.2. The smallest absolute Gasteiger partial charge is 0.297 e. The second-order valence-corrected chi connectivity index (χ2v) is 26.2.